The van der Waals surface area contributed by atoms with Crippen LogP contribution in [0, 0.1) is 0 Å². The monoisotopic (exact) mass is 184 g/mol. The number of hydrogen-bond acceptors (Lipinski definition) is 3. The van der Waals surface area contributed by atoms with Crippen LogP contribution in [0.1, 0.15) is 0 Å². The standard InChI is InChI=1S/C6H11F3N2O/c1-10-2-3-11(5(10)12)4-6(7,8)9/h5,12H,2-4H2,1H3. The highest BCUT2D eigenvalue weighted by molar-refractivity contribution is 4.74. The molecule has 1 N–H and O–H groups in total. The highest BCUT2D eigenvalue weighted by Gasteiger charge is 2.37. The fraction of sp³-hybridized carbons (Fsp3) is 1.00. The van der Waals surface area contributed by atoms with Gasteiger partial charge in [-0.15, -0.1) is 0 Å². The molecular formula is C6H11F3N2O. The van der Waals surface area contributed by atoms with E-state index in [-0.39, 0.29) is 6.54 Å². The first kappa shape index (κ1) is 9.76. The Morgan fingerprint density at radius 2 is 2.00 bits per heavy atom. The first-order valence-electron chi connectivity index (χ1n) is 3.59. The van der Waals surface area contributed by atoms with Gasteiger partial charge in [-0.2, -0.15) is 13.2 Å². The molecule has 0 saturated carbocycles. The van der Waals surface area contributed by atoms with Gasteiger partial charge in [-0.3, -0.25) is 9.80 Å². The van der Waals surface area contributed by atoms with Crippen LogP contribution in [0.3, 0.4) is 0 Å². The Kier molecular flexibility index (Phi) is 2.60. The van der Waals surface area contributed by atoms with Crippen LogP contribution >= 0.6 is 0 Å². The van der Waals surface area contributed by atoms with Crippen molar-refractivity contribution in [2.75, 3.05) is 26.7 Å². The summed E-state index contributed by atoms with van der Waals surface area (Å²) in [6.45, 7) is -0.313. The van der Waals surface area contributed by atoms with Crippen molar-refractivity contribution >= 4 is 0 Å². The van der Waals surface area contributed by atoms with E-state index in [0.717, 1.165) is 4.90 Å². The number of alkyl halides is 3. The van der Waals surface area contributed by atoms with Crippen molar-refractivity contribution in [2.45, 2.75) is 12.5 Å². The van der Waals surface area contributed by atoms with Crippen LogP contribution in [0.4, 0.5) is 13.2 Å². The van der Waals surface area contributed by atoms with Crippen LogP contribution in [0.2, 0.25) is 0 Å². The lowest BCUT2D eigenvalue weighted by atomic mass is 10.5. The van der Waals surface area contributed by atoms with E-state index in [0.29, 0.717) is 6.54 Å². The molecule has 0 spiro atoms. The minimum Gasteiger partial charge on any atom is -0.365 e. The molecule has 1 aliphatic rings. The molecule has 1 saturated heterocycles. The van der Waals surface area contributed by atoms with E-state index in [4.69, 9.17) is 0 Å². The van der Waals surface area contributed by atoms with Crippen molar-refractivity contribution in [3.05, 3.63) is 0 Å². The molecule has 1 unspecified atom stereocenters. The van der Waals surface area contributed by atoms with E-state index in [1.165, 1.54) is 4.90 Å². The van der Waals surface area contributed by atoms with Crippen molar-refractivity contribution in [1.29, 1.82) is 0 Å². The molecule has 6 heteroatoms. The molecule has 0 radical (unpaired) electrons. The third-order valence-electron chi connectivity index (χ3n) is 1.84. The zero-order valence-electron chi connectivity index (χ0n) is 6.67. The summed E-state index contributed by atoms with van der Waals surface area (Å²) in [6, 6.07) is 0. The van der Waals surface area contributed by atoms with Crippen LogP contribution in [-0.2, 0) is 0 Å². The van der Waals surface area contributed by atoms with Crippen molar-refractivity contribution in [3.63, 3.8) is 0 Å². The second-order valence-electron chi connectivity index (χ2n) is 2.91. The van der Waals surface area contributed by atoms with Gasteiger partial charge < -0.3 is 5.11 Å². The SMILES string of the molecule is CN1CCN(CC(F)(F)F)C1O. The van der Waals surface area contributed by atoms with Gasteiger partial charge in [-0.1, -0.05) is 0 Å². The lowest BCUT2D eigenvalue weighted by molar-refractivity contribution is -0.170. The Hall–Kier alpha value is -0.330. The minimum absolute atomic E-state index is 0.261. The van der Waals surface area contributed by atoms with E-state index in [2.05, 4.69) is 0 Å². The van der Waals surface area contributed by atoms with Gasteiger partial charge in [0.25, 0.3) is 0 Å². The molecule has 1 fully saturated rings. The largest absolute Gasteiger partial charge is 0.401 e. The van der Waals surface area contributed by atoms with Crippen molar-refractivity contribution in [1.82, 2.24) is 9.80 Å². The molecule has 0 amide bonds. The normalized spacial score (nSPS) is 28.2. The molecule has 0 bridgehead atoms. The number of aliphatic hydroxyl groups excluding tert-OH is 1. The Bertz CT molecular complexity index is 161. The topological polar surface area (TPSA) is 26.7 Å². The van der Waals surface area contributed by atoms with Crippen molar-refractivity contribution < 1.29 is 18.3 Å². The first-order valence-corrected chi connectivity index (χ1v) is 3.59. The summed E-state index contributed by atoms with van der Waals surface area (Å²) >= 11 is 0. The maximum atomic E-state index is 11.8. The van der Waals surface area contributed by atoms with Gasteiger partial charge in [0.1, 0.15) is 0 Å². The van der Waals surface area contributed by atoms with Gasteiger partial charge in [0.05, 0.1) is 6.54 Å². The van der Waals surface area contributed by atoms with Gasteiger partial charge in [0, 0.05) is 13.1 Å². The third-order valence-corrected chi connectivity index (χ3v) is 1.84. The molecular weight excluding hydrogens is 173 g/mol. The Balaban J connectivity index is 2.44. The molecule has 72 valence electrons. The van der Waals surface area contributed by atoms with Gasteiger partial charge >= 0.3 is 6.18 Å². The molecule has 0 aromatic heterocycles. The number of aliphatic hydroxyl groups is 1. The van der Waals surface area contributed by atoms with Crippen LogP contribution in [-0.4, -0.2) is 54.1 Å². The lowest BCUT2D eigenvalue weighted by Crippen LogP contribution is -2.41. The Morgan fingerprint density at radius 3 is 2.33 bits per heavy atom. The maximum Gasteiger partial charge on any atom is 0.401 e. The fourth-order valence-corrected chi connectivity index (χ4v) is 1.19. The van der Waals surface area contributed by atoms with E-state index < -0.39 is 19.1 Å². The van der Waals surface area contributed by atoms with E-state index in [9.17, 15) is 18.3 Å². The smallest absolute Gasteiger partial charge is 0.365 e. The lowest BCUT2D eigenvalue weighted by Gasteiger charge is -2.23. The molecule has 0 aromatic carbocycles. The Labute approximate surface area is 68.4 Å². The van der Waals surface area contributed by atoms with E-state index >= 15 is 0 Å². The summed E-state index contributed by atoms with van der Waals surface area (Å²) in [6.07, 6.45) is -5.32. The van der Waals surface area contributed by atoms with E-state index in [1.54, 1.807) is 7.05 Å². The summed E-state index contributed by atoms with van der Waals surface area (Å²) in [7, 11) is 1.58. The highest BCUT2D eigenvalue weighted by Crippen LogP contribution is 2.20. The molecule has 1 atom stereocenters. The fourth-order valence-electron chi connectivity index (χ4n) is 1.19. The van der Waals surface area contributed by atoms with Crippen molar-refractivity contribution in [3.8, 4) is 0 Å². The number of halogens is 3. The summed E-state index contributed by atoms with van der Waals surface area (Å²) in [4.78, 5) is 2.45. The van der Waals surface area contributed by atoms with Crippen LogP contribution in [0.5, 0.6) is 0 Å². The van der Waals surface area contributed by atoms with Crippen molar-refractivity contribution in [2.24, 2.45) is 0 Å². The second kappa shape index (κ2) is 3.20. The number of rotatable bonds is 1. The van der Waals surface area contributed by atoms with Crippen LogP contribution in [0.15, 0.2) is 0 Å². The number of likely N-dealkylation sites (N-methyl/N-ethyl adjacent to an activating group) is 1. The molecule has 3 nitrogen and oxygen atoms in total. The minimum atomic E-state index is -4.23. The highest BCUT2D eigenvalue weighted by atomic mass is 19.4. The predicted octanol–water partition coefficient (Wildman–Crippen LogP) is 0.0720. The number of hydrogen-bond donors (Lipinski definition) is 1. The quantitative estimate of drug-likeness (QED) is 0.624. The summed E-state index contributed by atoms with van der Waals surface area (Å²) < 4.78 is 35.5. The molecule has 1 aliphatic heterocycles. The summed E-state index contributed by atoms with van der Waals surface area (Å²) in [5, 5.41) is 9.17. The van der Waals surface area contributed by atoms with E-state index in [1.807, 2.05) is 0 Å². The first-order chi connectivity index (χ1) is 5.40. The van der Waals surface area contributed by atoms with Gasteiger partial charge in [0.2, 0.25) is 0 Å². The van der Waals surface area contributed by atoms with Gasteiger partial charge in [-0.25, -0.2) is 0 Å². The van der Waals surface area contributed by atoms with Crippen LogP contribution < -0.4 is 0 Å². The number of nitrogens with zero attached hydrogens (tertiary/aromatic N) is 2. The second-order valence-corrected chi connectivity index (χ2v) is 2.91. The average Bonchev–Trinajstić information content (AvgIpc) is 2.16. The summed E-state index contributed by atoms with van der Waals surface area (Å²) in [5.41, 5.74) is 0. The molecule has 0 aliphatic carbocycles. The Morgan fingerprint density at radius 1 is 1.42 bits per heavy atom. The predicted molar refractivity (Wildman–Crippen MR) is 36.3 cm³/mol. The molecule has 12 heavy (non-hydrogen) atoms. The maximum absolute atomic E-state index is 11.8. The average molecular weight is 184 g/mol. The molecule has 0 aromatic rings. The molecule has 1 heterocycles. The van der Waals surface area contributed by atoms with Gasteiger partial charge in [-0.05, 0) is 7.05 Å². The zero-order chi connectivity index (χ0) is 9.35. The zero-order valence-corrected chi connectivity index (χ0v) is 6.67. The summed E-state index contributed by atoms with van der Waals surface area (Å²) in [5.74, 6) is 0. The third kappa shape index (κ3) is 2.33. The van der Waals surface area contributed by atoms with Gasteiger partial charge in [0.15, 0.2) is 6.35 Å². The van der Waals surface area contributed by atoms with Crippen LogP contribution in [0.25, 0.3) is 0 Å². The molecule has 1 rings (SSSR count).